The molecule has 0 spiro atoms. The molecule has 0 atom stereocenters. The smallest absolute Gasteiger partial charge is 0.00697 e. The second-order valence-corrected chi connectivity index (χ2v) is 4.40. The van der Waals surface area contributed by atoms with Crippen LogP contribution in [0.2, 0.25) is 0 Å². The summed E-state index contributed by atoms with van der Waals surface area (Å²) in [6.45, 7) is 4.17. The van der Waals surface area contributed by atoms with Crippen LogP contribution in [-0.4, -0.2) is 0 Å². The van der Waals surface area contributed by atoms with Gasteiger partial charge in [0.2, 0.25) is 0 Å². The fourth-order valence-electron chi connectivity index (χ4n) is 1.94. The molecule has 0 radical (unpaired) electrons. The van der Waals surface area contributed by atoms with Crippen LogP contribution in [0.4, 0.5) is 0 Å². The Bertz CT molecular complexity index is 454. The van der Waals surface area contributed by atoms with Gasteiger partial charge in [0.15, 0.2) is 0 Å². The largest absolute Gasteiger partial charge is 0.0995 e. The molecule has 0 amide bonds. The van der Waals surface area contributed by atoms with Crippen molar-refractivity contribution in [2.45, 2.75) is 19.3 Å². The maximum atomic E-state index is 4.17. The van der Waals surface area contributed by atoms with Crippen LogP contribution in [0.5, 0.6) is 0 Å². The van der Waals surface area contributed by atoms with Crippen molar-refractivity contribution in [2.24, 2.45) is 0 Å². The summed E-state index contributed by atoms with van der Waals surface area (Å²) in [5.41, 5.74) is 4.05. The van der Waals surface area contributed by atoms with Crippen molar-refractivity contribution in [1.82, 2.24) is 0 Å². The summed E-state index contributed by atoms with van der Waals surface area (Å²) in [4.78, 5) is 0. The average molecular weight is 222 g/mol. The van der Waals surface area contributed by atoms with E-state index in [1.54, 1.807) is 0 Å². The van der Waals surface area contributed by atoms with Crippen molar-refractivity contribution >= 4 is 0 Å². The van der Waals surface area contributed by atoms with Gasteiger partial charge < -0.3 is 0 Å². The van der Waals surface area contributed by atoms with Gasteiger partial charge in [-0.25, -0.2) is 0 Å². The van der Waals surface area contributed by atoms with Crippen LogP contribution in [0.3, 0.4) is 0 Å². The van der Waals surface area contributed by atoms with E-state index in [2.05, 4.69) is 67.2 Å². The molecule has 0 aliphatic carbocycles. The van der Waals surface area contributed by atoms with Gasteiger partial charge in [0.05, 0.1) is 0 Å². The van der Waals surface area contributed by atoms with Crippen molar-refractivity contribution in [3.05, 3.63) is 83.9 Å². The molecule has 0 heteroatoms. The maximum Gasteiger partial charge on any atom is -0.00697 e. The molecule has 0 unspecified atom stereocenters. The molecule has 17 heavy (non-hydrogen) atoms. The van der Waals surface area contributed by atoms with Gasteiger partial charge in [-0.15, -0.1) is 0 Å². The van der Waals surface area contributed by atoms with Crippen LogP contribution in [0.15, 0.2) is 72.8 Å². The summed E-state index contributed by atoms with van der Waals surface area (Å²) in [6, 6.07) is 21.1. The predicted octanol–water partition coefficient (Wildman–Crippen LogP) is 4.42. The Morgan fingerprint density at radius 1 is 0.765 bits per heavy atom. The van der Waals surface area contributed by atoms with Crippen molar-refractivity contribution in [3.63, 3.8) is 0 Å². The van der Waals surface area contributed by atoms with Gasteiger partial charge in [-0.2, -0.15) is 0 Å². The lowest BCUT2D eigenvalue weighted by molar-refractivity contribution is 0.904. The van der Waals surface area contributed by atoms with Gasteiger partial charge in [0.25, 0.3) is 0 Å². The number of benzene rings is 2. The van der Waals surface area contributed by atoms with E-state index < -0.39 is 0 Å². The number of hydrogen-bond acceptors (Lipinski definition) is 0. The summed E-state index contributed by atoms with van der Waals surface area (Å²) in [7, 11) is 0. The molecule has 0 bridgehead atoms. The molecular weight excluding hydrogens is 204 g/mol. The molecule has 0 saturated heterocycles. The first kappa shape index (κ1) is 11.7. The molecule has 0 aromatic heterocycles. The van der Waals surface area contributed by atoms with E-state index in [1.807, 2.05) is 0 Å². The van der Waals surface area contributed by atoms with E-state index in [-0.39, 0.29) is 0 Å². The van der Waals surface area contributed by atoms with E-state index >= 15 is 0 Å². The highest BCUT2D eigenvalue weighted by molar-refractivity contribution is 5.22. The summed E-state index contributed by atoms with van der Waals surface area (Å²) in [5.74, 6) is 0. The minimum atomic E-state index is 0.994. The fraction of sp³-hybridized carbons (Fsp3) is 0.176. The molecular formula is C17H18. The first-order chi connectivity index (χ1) is 8.34. The van der Waals surface area contributed by atoms with Crippen LogP contribution in [0.1, 0.15) is 17.5 Å². The topological polar surface area (TPSA) is 0 Å². The maximum absolute atomic E-state index is 4.17. The highest BCUT2D eigenvalue weighted by atomic mass is 14.0. The third-order valence-electron chi connectivity index (χ3n) is 2.91. The zero-order valence-corrected chi connectivity index (χ0v) is 10.1. The summed E-state index contributed by atoms with van der Waals surface area (Å²) in [5, 5.41) is 0. The SMILES string of the molecule is C=C(CCc1ccccc1)Cc1ccccc1. The van der Waals surface area contributed by atoms with E-state index in [4.69, 9.17) is 0 Å². The Balaban J connectivity index is 1.83. The normalized spacial score (nSPS) is 10.1. The average Bonchev–Trinajstić information content (AvgIpc) is 2.39. The van der Waals surface area contributed by atoms with Gasteiger partial charge >= 0.3 is 0 Å². The van der Waals surface area contributed by atoms with Gasteiger partial charge in [-0.3, -0.25) is 0 Å². The van der Waals surface area contributed by atoms with Crippen molar-refractivity contribution in [3.8, 4) is 0 Å². The Hall–Kier alpha value is -1.82. The first-order valence-electron chi connectivity index (χ1n) is 6.09. The number of aryl methyl sites for hydroxylation is 1. The molecule has 2 aromatic carbocycles. The van der Waals surface area contributed by atoms with Gasteiger partial charge in [0, 0.05) is 0 Å². The minimum absolute atomic E-state index is 0.994. The Morgan fingerprint density at radius 2 is 1.29 bits per heavy atom. The zero-order valence-electron chi connectivity index (χ0n) is 10.1. The molecule has 0 saturated carbocycles. The lowest BCUT2D eigenvalue weighted by atomic mass is 10.00. The predicted molar refractivity (Wildman–Crippen MR) is 74.0 cm³/mol. The van der Waals surface area contributed by atoms with Crippen molar-refractivity contribution in [2.75, 3.05) is 0 Å². The Morgan fingerprint density at radius 3 is 1.88 bits per heavy atom. The fourth-order valence-corrected chi connectivity index (χ4v) is 1.94. The van der Waals surface area contributed by atoms with Gasteiger partial charge in [0.1, 0.15) is 0 Å². The van der Waals surface area contributed by atoms with Gasteiger partial charge in [-0.1, -0.05) is 72.8 Å². The highest BCUT2D eigenvalue weighted by Crippen LogP contribution is 2.12. The molecule has 2 rings (SSSR count). The first-order valence-corrected chi connectivity index (χ1v) is 6.09. The third-order valence-corrected chi connectivity index (χ3v) is 2.91. The monoisotopic (exact) mass is 222 g/mol. The van der Waals surface area contributed by atoms with Crippen molar-refractivity contribution < 1.29 is 0 Å². The van der Waals surface area contributed by atoms with Crippen molar-refractivity contribution in [1.29, 1.82) is 0 Å². The summed E-state index contributed by atoms with van der Waals surface area (Å²) >= 11 is 0. The number of hydrogen-bond donors (Lipinski definition) is 0. The molecule has 0 nitrogen and oxygen atoms in total. The quantitative estimate of drug-likeness (QED) is 0.657. The molecule has 86 valence electrons. The van der Waals surface area contributed by atoms with E-state index in [1.165, 1.54) is 16.7 Å². The minimum Gasteiger partial charge on any atom is -0.0995 e. The Labute approximate surface area is 104 Å². The summed E-state index contributed by atoms with van der Waals surface area (Å²) in [6.07, 6.45) is 3.15. The molecule has 2 aromatic rings. The molecule has 0 aliphatic heterocycles. The highest BCUT2D eigenvalue weighted by Gasteiger charge is 1.98. The van der Waals surface area contributed by atoms with Crippen LogP contribution >= 0.6 is 0 Å². The lowest BCUT2D eigenvalue weighted by Crippen LogP contribution is -1.92. The molecule has 0 aliphatic rings. The second-order valence-electron chi connectivity index (χ2n) is 4.40. The van der Waals surface area contributed by atoms with Crippen LogP contribution in [-0.2, 0) is 12.8 Å². The van der Waals surface area contributed by atoms with E-state index in [0.29, 0.717) is 0 Å². The molecule has 0 heterocycles. The molecule has 0 fully saturated rings. The van der Waals surface area contributed by atoms with E-state index in [9.17, 15) is 0 Å². The summed E-state index contributed by atoms with van der Waals surface area (Å²) < 4.78 is 0. The third kappa shape index (κ3) is 3.92. The van der Waals surface area contributed by atoms with Crippen LogP contribution in [0, 0.1) is 0 Å². The second kappa shape index (κ2) is 6.05. The Kier molecular flexibility index (Phi) is 4.15. The number of rotatable bonds is 5. The van der Waals surface area contributed by atoms with Crippen LogP contribution in [0.25, 0.3) is 0 Å². The molecule has 0 N–H and O–H groups in total. The van der Waals surface area contributed by atoms with Crippen LogP contribution < -0.4 is 0 Å². The van der Waals surface area contributed by atoms with E-state index in [0.717, 1.165) is 19.3 Å². The lowest BCUT2D eigenvalue weighted by Gasteiger charge is -2.06. The zero-order chi connectivity index (χ0) is 11.9. The number of allylic oxidation sites excluding steroid dienone is 1. The van der Waals surface area contributed by atoms with Gasteiger partial charge in [-0.05, 0) is 30.4 Å². The standard InChI is InChI=1S/C17H18/c1-15(14-17-10-6-3-7-11-17)12-13-16-8-4-2-5-9-16/h2-11H,1,12-14H2.